The van der Waals surface area contributed by atoms with Crippen molar-refractivity contribution in [3.63, 3.8) is 0 Å². The Morgan fingerprint density at radius 1 is 0.829 bits per heavy atom. The highest BCUT2D eigenvalue weighted by molar-refractivity contribution is 6.06. The minimum atomic E-state index is -0.800. The Bertz CT molecular complexity index is 1350. The fourth-order valence-electron chi connectivity index (χ4n) is 3.49. The number of para-hydroxylation sites is 2. The van der Waals surface area contributed by atoms with E-state index >= 15 is 0 Å². The van der Waals surface area contributed by atoms with E-state index in [0.717, 1.165) is 12.1 Å². The van der Waals surface area contributed by atoms with Crippen molar-refractivity contribution < 1.29 is 32.6 Å². The van der Waals surface area contributed by atoms with Crippen molar-refractivity contribution in [2.24, 2.45) is 0 Å². The molecule has 0 N–H and O–H groups in total. The molecule has 35 heavy (non-hydrogen) atoms. The molecule has 1 heterocycles. The third-order valence-corrected chi connectivity index (χ3v) is 5.18. The van der Waals surface area contributed by atoms with Crippen LogP contribution in [0.1, 0.15) is 26.4 Å². The number of hydrogen-bond donors (Lipinski definition) is 0. The summed E-state index contributed by atoms with van der Waals surface area (Å²) in [7, 11) is 2.41. The van der Waals surface area contributed by atoms with Gasteiger partial charge in [0.2, 0.25) is 0 Å². The first-order chi connectivity index (χ1) is 16.9. The smallest absolute Gasteiger partial charge is 0.357 e. The molecule has 0 aliphatic heterocycles. The molecule has 3 aromatic carbocycles. The van der Waals surface area contributed by atoms with Gasteiger partial charge < -0.3 is 14.2 Å². The normalized spacial score (nSPS) is 10.6. The number of nitrogens with zero attached hydrogens (tertiary/aromatic N) is 2. The van der Waals surface area contributed by atoms with Crippen molar-refractivity contribution in [3.05, 3.63) is 101 Å². The lowest BCUT2D eigenvalue weighted by Crippen LogP contribution is -2.15. The van der Waals surface area contributed by atoms with E-state index in [-0.39, 0.29) is 23.6 Å². The van der Waals surface area contributed by atoms with Crippen molar-refractivity contribution >= 4 is 11.9 Å². The van der Waals surface area contributed by atoms with E-state index in [1.54, 1.807) is 54.6 Å². The van der Waals surface area contributed by atoms with Gasteiger partial charge in [-0.3, -0.25) is 0 Å². The lowest BCUT2D eigenvalue weighted by molar-refractivity contribution is 0.0549. The molecule has 1 aromatic heterocycles. The van der Waals surface area contributed by atoms with Crippen LogP contribution in [0.5, 0.6) is 5.75 Å². The largest absolute Gasteiger partial charge is 0.483 e. The van der Waals surface area contributed by atoms with Gasteiger partial charge in [-0.2, -0.15) is 5.10 Å². The number of carbonyl (C=O) groups excluding carboxylic acids is 2. The van der Waals surface area contributed by atoms with Crippen molar-refractivity contribution in [3.8, 4) is 22.7 Å². The van der Waals surface area contributed by atoms with Gasteiger partial charge in [0.25, 0.3) is 0 Å². The first-order valence-corrected chi connectivity index (χ1v) is 10.5. The monoisotopic (exact) mass is 478 g/mol. The standard InChI is InChI=1S/C26H20F2N2O5/c1-33-25(31)21-22(29-30(23(21)26(32)34-2)18-7-4-3-5-8-18)17-13-11-16(12-14-17)15-35-24-19(27)9-6-10-20(24)28/h3-14H,15H2,1-2H3. The number of hydrogen-bond acceptors (Lipinski definition) is 6. The lowest BCUT2D eigenvalue weighted by Gasteiger charge is -2.09. The third-order valence-electron chi connectivity index (χ3n) is 5.18. The van der Waals surface area contributed by atoms with Gasteiger partial charge in [-0.05, 0) is 29.8 Å². The lowest BCUT2D eigenvalue weighted by atomic mass is 10.0. The molecule has 0 saturated heterocycles. The second-order valence-electron chi connectivity index (χ2n) is 7.34. The zero-order chi connectivity index (χ0) is 24.9. The van der Waals surface area contributed by atoms with Gasteiger partial charge in [0.05, 0.1) is 19.9 Å². The molecule has 0 amide bonds. The number of carbonyl (C=O) groups is 2. The van der Waals surface area contributed by atoms with Gasteiger partial charge in [-0.25, -0.2) is 23.1 Å². The number of aromatic nitrogens is 2. The van der Waals surface area contributed by atoms with Crippen LogP contribution in [0, 0.1) is 11.6 Å². The maximum Gasteiger partial charge on any atom is 0.357 e. The second kappa shape index (κ2) is 10.2. The van der Waals surface area contributed by atoms with E-state index in [1.807, 2.05) is 0 Å². The highest BCUT2D eigenvalue weighted by atomic mass is 19.1. The summed E-state index contributed by atoms with van der Waals surface area (Å²) in [5.74, 6) is -3.58. The molecule has 7 nitrogen and oxygen atoms in total. The van der Waals surface area contributed by atoms with E-state index in [4.69, 9.17) is 14.2 Å². The molecule has 0 aliphatic rings. The number of halogens is 2. The van der Waals surface area contributed by atoms with Crippen LogP contribution in [0.15, 0.2) is 72.8 Å². The quantitative estimate of drug-likeness (QED) is 0.349. The summed E-state index contributed by atoms with van der Waals surface area (Å²) in [6.07, 6.45) is 0. The van der Waals surface area contributed by atoms with Gasteiger partial charge in [-0.15, -0.1) is 0 Å². The van der Waals surface area contributed by atoms with Crippen LogP contribution in [-0.4, -0.2) is 35.9 Å². The Morgan fingerprint density at radius 3 is 2.06 bits per heavy atom. The molecule has 0 unspecified atom stereocenters. The highest BCUT2D eigenvalue weighted by Gasteiger charge is 2.31. The minimum Gasteiger partial charge on any atom is -0.483 e. The summed E-state index contributed by atoms with van der Waals surface area (Å²) in [4.78, 5) is 25.4. The summed E-state index contributed by atoms with van der Waals surface area (Å²) >= 11 is 0. The number of ether oxygens (including phenoxy) is 3. The van der Waals surface area contributed by atoms with Crippen LogP contribution in [0.3, 0.4) is 0 Å². The number of esters is 2. The summed E-state index contributed by atoms with van der Waals surface area (Å²) < 4.78 is 44.1. The molecule has 0 radical (unpaired) electrons. The van der Waals surface area contributed by atoms with E-state index in [2.05, 4.69) is 5.10 Å². The Hall–Kier alpha value is -4.53. The van der Waals surface area contributed by atoms with E-state index in [1.165, 1.54) is 25.0 Å². The van der Waals surface area contributed by atoms with Crippen LogP contribution in [0.4, 0.5) is 8.78 Å². The third kappa shape index (κ3) is 4.74. The molecule has 9 heteroatoms. The number of methoxy groups -OCH3 is 2. The topological polar surface area (TPSA) is 79.7 Å². The van der Waals surface area contributed by atoms with Gasteiger partial charge in [0.15, 0.2) is 23.1 Å². The molecule has 0 atom stereocenters. The van der Waals surface area contributed by atoms with Crippen molar-refractivity contribution in [2.45, 2.75) is 6.61 Å². The Kier molecular flexibility index (Phi) is 6.86. The average Bonchev–Trinajstić information content (AvgIpc) is 3.29. The van der Waals surface area contributed by atoms with Crippen molar-refractivity contribution in [2.75, 3.05) is 14.2 Å². The van der Waals surface area contributed by atoms with Crippen LogP contribution >= 0.6 is 0 Å². The molecule has 4 rings (SSSR count). The van der Waals surface area contributed by atoms with Crippen LogP contribution in [0.2, 0.25) is 0 Å². The molecular weight excluding hydrogens is 458 g/mol. The van der Waals surface area contributed by atoms with Gasteiger partial charge >= 0.3 is 11.9 Å². The second-order valence-corrected chi connectivity index (χ2v) is 7.34. The van der Waals surface area contributed by atoms with E-state index < -0.39 is 29.3 Å². The van der Waals surface area contributed by atoms with Crippen molar-refractivity contribution in [1.29, 1.82) is 0 Å². The fourth-order valence-corrected chi connectivity index (χ4v) is 3.49. The first-order valence-electron chi connectivity index (χ1n) is 10.5. The van der Waals surface area contributed by atoms with E-state index in [0.29, 0.717) is 16.8 Å². The fraction of sp³-hybridized carbons (Fsp3) is 0.115. The minimum absolute atomic E-state index is 0.0550. The Labute approximate surface area is 199 Å². The van der Waals surface area contributed by atoms with Gasteiger partial charge in [-0.1, -0.05) is 48.5 Å². The zero-order valence-electron chi connectivity index (χ0n) is 18.8. The summed E-state index contributed by atoms with van der Waals surface area (Å²) in [6, 6.07) is 18.9. The maximum absolute atomic E-state index is 13.8. The maximum atomic E-state index is 13.8. The van der Waals surface area contributed by atoms with Crippen molar-refractivity contribution in [1.82, 2.24) is 9.78 Å². The Morgan fingerprint density at radius 2 is 1.46 bits per heavy atom. The SMILES string of the molecule is COC(=O)c1c(-c2ccc(COc3c(F)cccc3F)cc2)nn(-c2ccccc2)c1C(=O)OC. The van der Waals surface area contributed by atoms with E-state index in [9.17, 15) is 18.4 Å². The molecule has 0 bridgehead atoms. The highest BCUT2D eigenvalue weighted by Crippen LogP contribution is 2.30. The molecular formula is C26H20F2N2O5. The zero-order valence-corrected chi connectivity index (χ0v) is 18.8. The average molecular weight is 478 g/mol. The van der Waals surface area contributed by atoms with Crippen LogP contribution in [0.25, 0.3) is 16.9 Å². The molecule has 178 valence electrons. The van der Waals surface area contributed by atoms with Gasteiger partial charge in [0.1, 0.15) is 17.9 Å². The summed E-state index contributed by atoms with van der Waals surface area (Å²) in [5.41, 5.74) is 1.73. The molecule has 0 saturated carbocycles. The van der Waals surface area contributed by atoms with Crippen LogP contribution in [-0.2, 0) is 16.1 Å². The van der Waals surface area contributed by atoms with Crippen LogP contribution < -0.4 is 4.74 Å². The molecule has 0 fully saturated rings. The molecule has 0 aliphatic carbocycles. The number of rotatable bonds is 7. The predicted octanol–water partition coefficient (Wildman–Crippen LogP) is 4.97. The first kappa shape index (κ1) is 23.6. The summed E-state index contributed by atoms with van der Waals surface area (Å²) in [5, 5.41) is 4.52. The summed E-state index contributed by atoms with van der Waals surface area (Å²) in [6.45, 7) is -0.0894. The predicted molar refractivity (Wildman–Crippen MR) is 122 cm³/mol. The molecule has 4 aromatic rings. The van der Waals surface area contributed by atoms with Gasteiger partial charge in [0, 0.05) is 5.56 Å². The number of benzene rings is 3. The Balaban J connectivity index is 1.73. The molecule has 0 spiro atoms.